The van der Waals surface area contributed by atoms with Gasteiger partial charge in [0, 0.05) is 25.5 Å². The van der Waals surface area contributed by atoms with Crippen molar-refractivity contribution in [3.63, 3.8) is 0 Å². The molecule has 0 aromatic carbocycles. The molecule has 0 radical (unpaired) electrons. The molecule has 1 amide bonds. The number of carbonyl (C=O) groups excluding carboxylic acids is 1. The number of rotatable bonds is 2. The van der Waals surface area contributed by atoms with Crippen LogP contribution in [-0.2, 0) is 0 Å². The van der Waals surface area contributed by atoms with Crippen LogP contribution in [0.5, 0.6) is 0 Å². The Balaban J connectivity index is 2.84. The summed E-state index contributed by atoms with van der Waals surface area (Å²) in [5.74, 6) is 0.0236. The average Bonchev–Trinajstić information content (AvgIpc) is 2.26. The molecular weight excluding hydrogens is 200 g/mol. The lowest BCUT2D eigenvalue weighted by Crippen LogP contribution is -2.42. The first kappa shape index (κ1) is 12.7. The molecule has 3 nitrogen and oxygen atoms in total. The van der Waals surface area contributed by atoms with E-state index in [0.717, 1.165) is 0 Å². The van der Waals surface area contributed by atoms with Crippen LogP contribution in [0.3, 0.4) is 0 Å². The van der Waals surface area contributed by atoms with Gasteiger partial charge in [-0.1, -0.05) is 20.8 Å². The highest BCUT2D eigenvalue weighted by Gasteiger charge is 2.27. The minimum absolute atomic E-state index is 0.0236. The Kier molecular flexibility index (Phi) is 3.68. The second-order valence-corrected chi connectivity index (χ2v) is 5.20. The Morgan fingerprint density at radius 1 is 1.44 bits per heavy atom. The number of hydrogen-bond donors (Lipinski definition) is 0. The standard InChI is InChI=1S/C13H20N2O/c1-10(13(2,3)4)15(5)12(16)11-7-6-8-14-9-11/h6-10H,1-5H3. The highest BCUT2D eigenvalue weighted by molar-refractivity contribution is 5.93. The van der Waals surface area contributed by atoms with Gasteiger partial charge < -0.3 is 4.90 Å². The molecule has 1 aromatic rings. The first-order valence-electron chi connectivity index (χ1n) is 5.51. The van der Waals surface area contributed by atoms with E-state index in [-0.39, 0.29) is 17.4 Å². The molecular formula is C13H20N2O. The number of carbonyl (C=O) groups is 1. The van der Waals surface area contributed by atoms with E-state index in [0.29, 0.717) is 5.56 Å². The lowest BCUT2D eigenvalue weighted by molar-refractivity contribution is 0.0629. The molecule has 1 heterocycles. The maximum absolute atomic E-state index is 12.1. The average molecular weight is 220 g/mol. The van der Waals surface area contributed by atoms with Crippen molar-refractivity contribution < 1.29 is 4.79 Å². The monoisotopic (exact) mass is 220 g/mol. The predicted molar refractivity (Wildman–Crippen MR) is 65.2 cm³/mol. The lowest BCUT2D eigenvalue weighted by atomic mass is 9.87. The van der Waals surface area contributed by atoms with E-state index in [9.17, 15) is 4.79 Å². The highest BCUT2D eigenvalue weighted by atomic mass is 16.2. The third-order valence-electron chi connectivity index (χ3n) is 3.06. The van der Waals surface area contributed by atoms with E-state index in [1.165, 1.54) is 0 Å². The number of nitrogens with zero attached hydrogens (tertiary/aromatic N) is 2. The van der Waals surface area contributed by atoms with Gasteiger partial charge in [-0.15, -0.1) is 0 Å². The summed E-state index contributed by atoms with van der Waals surface area (Å²) in [6, 6.07) is 3.75. The Labute approximate surface area is 97.5 Å². The van der Waals surface area contributed by atoms with Gasteiger partial charge in [0.05, 0.1) is 5.56 Å². The molecule has 0 aliphatic rings. The van der Waals surface area contributed by atoms with E-state index in [4.69, 9.17) is 0 Å². The molecule has 1 rings (SSSR count). The number of amides is 1. The Morgan fingerprint density at radius 2 is 2.06 bits per heavy atom. The maximum Gasteiger partial charge on any atom is 0.255 e. The van der Waals surface area contributed by atoms with E-state index < -0.39 is 0 Å². The lowest BCUT2D eigenvalue weighted by Gasteiger charge is -2.35. The summed E-state index contributed by atoms with van der Waals surface area (Å²) < 4.78 is 0. The molecule has 0 saturated carbocycles. The van der Waals surface area contributed by atoms with Gasteiger partial charge >= 0.3 is 0 Å². The number of pyridine rings is 1. The van der Waals surface area contributed by atoms with Crippen LogP contribution in [0.25, 0.3) is 0 Å². The summed E-state index contributed by atoms with van der Waals surface area (Å²) in [6.07, 6.45) is 3.28. The molecule has 0 spiro atoms. The third-order valence-corrected chi connectivity index (χ3v) is 3.06. The van der Waals surface area contributed by atoms with Gasteiger partial charge in [-0.25, -0.2) is 0 Å². The molecule has 1 aromatic heterocycles. The molecule has 3 heteroatoms. The molecule has 0 N–H and O–H groups in total. The van der Waals surface area contributed by atoms with E-state index in [1.54, 1.807) is 29.4 Å². The molecule has 88 valence electrons. The molecule has 1 unspecified atom stereocenters. The Bertz CT molecular complexity index is 354. The molecule has 1 atom stereocenters. The van der Waals surface area contributed by atoms with Gasteiger partial charge in [0.2, 0.25) is 0 Å². The van der Waals surface area contributed by atoms with E-state index in [1.807, 2.05) is 7.05 Å². The zero-order valence-corrected chi connectivity index (χ0v) is 10.7. The molecule has 0 saturated heterocycles. The SMILES string of the molecule is CC(N(C)C(=O)c1cccnc1)C(C)(C)C. The van der Waals surface area contributed by atoms with Gasteiger partial charge in [-0.3, -0.25) is 9.78 Å². The van der Waals surface area contributed by atoms with Gasteiger partial charge in [-0.2, -0.15) is 0 Å². The van der Waals surface area contributed by atoms with Crippen molar-refractivity contribution in [2.75, 3.05) is 7.05 Å². The zero-order valence-electron chi connectivity index (χ0n) is 10.7. The fraction of sp³-hybridized carbons (Fsp3) is 0.538. The van der Waals surface area contributed by atoms with Crippen LogP contribution in [0.4, 0.5) is 0 Å². The molecule has 0 bridgehead atoms. The van der Waals surface area contributed by atoms with Crippen molar-refractivity contribution in [2.24, 2.45) is 5.41 Å². The largest absolute Gasteiger partial charge is 0.338 e. The zero-order chi connectivity index (χ0) is 12.3. The topological polar surface area (TPSA) is 33.2 Å². The maximum atomic E-state index is 12.1. The van der Waals surface area contributed by atoms with Crippen molar-refractivity contribution in [2.45, 2.75) is 33.7 Å². The van der Waals surface area contributed by atoms with Crippen molar-refractivity contribution in [3.05, 3.63) is 30.1 Å². The van der Waals surface area contributed by atoms with E-state index >= 15 is 0 Å². The van der Waals surface area contributed by atoms with Gasteiger partial charge in [0.15, 0.2) is 0 Å². The number of aromatic nitrogens is 1. The highest BCUT2D eigenvalue weighted by Crippen LogP contribution is 2.23. The fourth-order valence-corrected chi connectivity index (χ4v) is 1.45. The summed E-state index contributed by atoms with van der Waals surface area (Å²) >= 11 is 0. The summed E-state index contributed by atoms with van der Waals surface area (Å²) in [4.78, 5) is 17.9. The van der Waals surface area contributed by atoms with Gasteiger partial charge in [0.1, 0.15) is 0 Å². The summed E-state index contributed by atoms with van der Waals surface area (Å²) in [7, 11) is 1.84. The van der Waals surface area contributed by atoms with Gasteiger partial charge in [0.25, 0.3) is 5.91 Å². The minimum Gasteiger partial charge on any atom is -0.338 e. The first-order valence-corrected chi connectivity index (χ1v) is 5.51. The summed E-state index contributed by atoms with van der Waals surface area (Å²) in [5.41, 5.74) is 0.716. The fourth-order valence-electron chi connectivity index (χ4n) is 1.45. The Morgan fingerprint density at radius 3 is 2.50 bits per heavy atom. The van der Waals surface area contributed by atoms with Crippen LogP contribution in [0.1, 0.15) is 38.1 Å². The van der Waals surface area contributed by atoms with Crippen molar-refractivity contribution in [1.82, 2.24) is 9.88 Å². The Hall–Kier alpha value is -1.38. The van der Waals surface area contributed by atoms with E-state index in [2.05, 4.69) is 32.7 Å². The summed E-state index contributed by atoms with van der Waals surface area (Å²) in [5, 5.41) is 0. The molecule has 0 aliphatic heterocycles. The molecule has 0 fully saturated rings. The van der Waals surface area contributed by atoms with Crippen molar-refractivity contribution in [3.8, 4) is 0 Å². The smallest absolute Gasteiger partial charge is 0.255 e. The minimum atomic E-state index is 0.0236. The third kappa shape index (κ3) is 2.81. The van der Waals surface area contributed by atoms with Crippen LogP contribution >= 0.6 is 0 Å². The van der Waals surface area contributed by atoms with Crippen molar-refractivity contribution >= 4 is 5.91 Å². The van der Waals surface area contributed by atoms with Crippen LogP contribution in [-0.4, -0.2) is 28.9 Å². The quantitative estimate of drug-likeness (QED) is 0.767. The second kappa shape index (κ2) is 4.64. The molecule has 16 heavy (non-hydrogen) atoms. The van der Waals surface area contributed by atoms with Crippen molar-refractivity contribution in [1.29, 1.82) is 0 Å². The van der Waals surface area contributed by atoms with Crippen LogP contribution in [0.2, 0.25) is 0 Å². The molecule has 0 aliphatic carbocycles. The second-order valence-electron chi connectivity index (χ2n) is 5.20. The van der Waals surface area contributed by atoms with Crippen LogP contribution in [0.15, 0.2) is 24.5 Å². The summed E-state index contributed by atoms with van der Waals surface area (Å²) in [6.45, 7) is 8.45. The number of hydrogen-bond acceptors (Lipinski definition) is 2. The van der Waals surface area contributed by atoms with Crippen LogP contribution in [0, 0.1) is 5.41 Å². The predicted octanol–water partition coefficient (Wildman–Crippen LogP) is 2.59. The first-order chi connectivity index (χ1) is 7.34. The normalized spacial score (nSPS) is 13.3. The van der Waals surface area contributed by atoms with Crippen LogP contribution < -0.4 is 0 Å². The van der Waals surface area contributed by atoms with Gasteiger partial charge in [-0.05, 0) is 24.5 Å².